The summed E-state index contributed by atoms with van der Waals surface area (Å²) in [6.07, 6.45) is 0. The van der Waals surface area contributed by atoms with Gasteiger partial charge in [0.1, 0.15) is 0 Å². The van der Waals surface area contributed by atoms with Crippen molar-refractivity contribution in [3.63, 3.8) is 0 Å². The summed E-state index contributed by atoms with van der Waals surface area (Å²) in [7, 11) is 3.08. The Morgan fingerprint density at radius 1 is 1.23 bits per heavy atom. The van der Waals surface area contributed by atoms with Crippen LogP contribution in [0, 0.1) is 0 Å². The molecule has 2 rings (SSSR count). The van der Waals surface area contributed by atoms with Crippen molar-refractivity contribution in [2.75, 3.05) is 14.2 Å². The van der Waals surface area contributed by atoms with E-state index in [0.717, 1.165) is 10.4 Å². The van der Waals surface area contributed by atoms with E-state index in [-0.39, 0.29) is 12.0 Å². The van der Waals surface area contributed by atoms with Crippen molar-refractivity contribution in [1.29, 1.82) is 0 Å². The minimum Gasteiger partial charge on any atom is -0.465 e. The van der Waals surface area contributed by atoms with Gasteiger partial charge in [0.15, 0.2) is 0 Å². The highest BCUT2D eigenvalue weighted by Gasteiger charge is 2.10. The van der Waals surface area contributed by atoms with Crippen molar-refractivity contribution in [3.8, 4) is 0 Å². The van der Waals surface area contributed by atoms with Crippen molar-refractivity contribution < 1.29 is 14.3 Å². The Bertz CT molecular complexity index is 623. The lowest BCUT2D eigenvalue weighted by atomic mass is 10.1. The van der Waals surface area contributed by atoms with Crippen LogP contribution >= 0.6 is 11.3 Å². The molecule has 0 aliphatic rings. The van der Waals surface area contributed by atoms with Crippen LogP contribution in [0.4, 0.5) is 4.79 Å². The maximum atomic E-state index is 12.0. The first kappa shape index (κ1) is 16.0. The summed E-state index contributed by atoms with van der Waals surface area (Å²) in [5.41, 5.74) is 1.44. The summed E-state index contributed by atoms with van der Waals surface area (Å²) in [5, 5.41) is 4.85. The lowest BCUT2D eigenvalue weighted by Crippen LogP contribution is -2.36. The first-order valence-corrected chi connectivity index (χ1v) is 7.66. The normalized spacial score (nSPS) is 10.1. The van der Waals surface area contributed by atoms with Gasteiger partial charge >= 0.3 is 12.0 Å². The van der Waals surface area contributed by atoms with Crippen LogP contribution in [0.2, 0.25) is 0 Å². The summed E-state index contributed by atoms with van der Waals surface area (Å²) < 4.78 is 4.65. The Labute approximate surface area is 133 Å². The first-order chi connectivity index (χ1) is 10.6. The summed E-state index contributed by atoms with van der Waals surface area (Å²) in [5.74, 6) is -0.367. The number of nitrogens with one attached hydrogen (secondary N) is 1. The number of benzene rings is 1. The molecule has 1 heterocycles. The Morgan fingerprint density at radius 2 is 1.95 bits per heavy atom. The number of carbonyl (C=O) groups excluding carboxylic acids is 2. The molecule has 2 aromatic rings. The number of hydrogen-bond acceptors (Lipinski definition) is 4. The third-order valence-corrected chi connectivity index (χ3v) is 4.01. The van der Waals surface area contributed by atoms with Crippen molar-refractivity contribution in [1.82, 2.24) is 10.2 Å². The standard InChI is InChI=1S/C16H18N2O3S/c1-18(16(20)17-10-14-4-3-9-22-14)11-12-5-7-13(8-6-12)15(19)21-2/h3-9H,10-11H2,1-2H3,(H,17,20). The molecule has 22 heavy (non-hydrogen) atoms. The van der Waals surface area contributed by atoms with Gasteiger partial charge in [0.25, 0.3) is 0 Å². The molecule has 0 radical (unpaired) electrons. The highest BCUT2D eigenvalue weighted by molar-refractivity contribution is 7.09. The second kappa shape index (κ2) is 7.61. The largest absolute Gasteiger partial charge is 0.465 e. The molecule has 0 atom stereocenters. The monoisotopic (exact) mass is 318 g/mol. The Balaban J connectivity index is 1.86. The molecule has 0 aliphatic heterocycles. The van der Waals surface area contributed by atoms with Crippen molar-refractivity contribution in [3.05, 3.63) is 57.8 Å². The number of carbonyl (C=O) groups is 2. The third-order valence-electron chi connectivity index (χ3n) is 3.14. The van der Waals surface area contributed by atoms with Crippen molar-refractivity contribution in [2.24, 2.45) is 0 Å². The second-order valence-corrected chi connectivity index (χ2v) is 5.81. The van der Waals surface area contributed by atoms with Crippen LogP contribution in [0.25, 0.3) is 0 Å². The van der Waals surface area contributed by atoms with Crippen LogP contribution < -0.4 is 5.32 Å². The molecule has 2 amide bonds. The van der Waals surface area contributed by atoms with Gasteiger partial charge in [-0.05, 0) is 29.1 Å². The molecular formula is C16H18N2O3S. The molecule has 1 N–H and O–H groups in total. The number of amides is 2. The number of thiophene rings is 1. The van der Waals surface area contributed by atoms with Gasteiger partial charge in [-0.1, -0.05) is 18.2 Å². The minimum atomic E-state index is -0.367. The Kier molecular flexibility index (Phi) is 5.55. The number of methoxy groups -OCH3 is 1. The summed E-state index contributed by atoms with van der Waals surface area (Å²) in [6, 6.07) is 10.8. The number of rotatable bonds is 5. The molecule has 0 aliphatic carbocycles. The molecular weight excluding hydrogens is 300 g/mol. The van der Waals surface area contributed by atoms with Crippen molar-refractivity contribution in [2.45, 2.75) is 13.1 Å². The van der Waals surface area contributed by atoms with Crippen LogP contribution in [0.1, 0.15) is 20.8 Å². The van der Waals surface area contributed by atoms with E-state index < -0.39 is 0 Å². The maximum Gasteiger partial charge on any atom is 0.337 e. The number of nitrogens with zero attached hydrogens (tertiary/aromatic N) is 1. The lowest BCUT2D eigenvalue weighted by molar-refractivity contribution is 0.0600. The quantitative estimate of drug-likeness (QED) is 0.862. The maximum absolute atomic E-state index is 12.0. The van der Waals surface area contributed by atoms with Gasteiger partial charge in [0.2, 0.25) is 0 Å². The highest BCUT2D eigenvalue weighted by Crippen LogP contribution is 2.09. The van der Waals surface area contributed by atoms with Crippen LogP contribution in [-0.2, 0) is 17.8 Å². The fraction of sp³-hybridized carbons (Fsp3) is 0.250. The van der Waals surface area contributed by atoms with Gasteiger partial charge in [-0.15, -0.1) is 11.3 Å². The van der Waals surface area contributed by atoms with Gasteiger partial charge in [0, 0.05) is 18.5 Å². The van der Waals surface area contributed by atoms with Crippen LogP contribution in [0.15, 0.2) is 41.8 Å². The Morgan fingerprint density at radius 3 is 2.55 bits per heavy atom. The van der Waals surface area contributed by atoms with E-state index in [1.54, 1.807) is 35.4 Å². The van der Waals surface area contributed by atoms with E-state index in [1.807, 2.05) is 29.6 Å². The molecule has 0 saturated heterocycles. The molecule has 0 spiro atoms. The highest BCUT2D eigenvalue weighted by atomic mass is 32.1. The van der Waals surface area contributed by atoms with E-state index in [2.05, 4.69) is 10.1 Å². The number of esters is 1. The molecule has 5 nitrogen and oxygen atoms in total. The van der Waals surface area contributed by atoms with Gasteiger partial charge in [-0.25, -0.2) is 9.59 Å². The van der Waals surface area contributed by atoms with E-state index >= 15 is 0 Å². The predicted molar refractivity (Wildman–Crippen MR) is 85.8 cm³/mol. The summed E-state index contributed by atoms with van der Waals surface area (Å²) >= 11 is 1.61. The topological polar surface area (TPSA) is 58.6 Å². The van der Waals surface area contributed by atoms with E-state index in [4.69, 9.17) is 0 Å². The first-order valence-electron chi connectivity index (χ1n) is 6.78. The number of urea groups is 1. The summed E-state index contributed by atoms with van der Waals surface area (Å²) in [6.45, 7) is 1.000. The molecule has 6 heteroatoms. The average Bonchev–Trinajstić information content (AvgIpc) is 3.06. The molecule has 0 saturated carbocycles. The van der Waals surface area contributed by atoms with Crippen LogP contribution in [0.3, 0.4) is 0 Å². The molecule has 0 bridgehead atoms. The second-order valence-electron chi connectivity index (χ2n) is 4.78. The molecule has 0 unspecified atom stereocenters. The number of hydrogen-bond donors (Lipinski definition) is 1. The average molecular weight is 318 g/mol. The zero-order valence-electron chi connectivity index (χ0n) is 12.5. The third kappa shape index (κ3) is 4.33. The predicted octanol–water partition coefficient (Wildman–Crippen LogP) is 2.88. The molecule has 116 valence electrons. The lowest BCUT2D eigenvalue weighted by Gasteiger charge is -2.18. The van der Waals surface area contributed by atoms with Crippen molar-refractivity contribution >= 4 is 23.3 Å². The molecule has 0 fully saturated rings. The van der Waals surface area contributed by atoms with Crippen LogP contribution in [0.5, 0.6) is 0 Å². The molecule has 1 aromatic carbocycles. The van der Waals surface area contributed by atoms with Gasteiger partial charge in [-0.2, -0.15) is 0 Å². The Hall–Kier alpha value is -2.34. The van der Waals surface area contributed by atoms with E-state index in [1.165, 1.54) is 7.11 Å². The van der Waals surface area contributed by atoms with E-state index in [9.17, 15) is 9.59 Å². The number of ether oxygens (including phenoxy) is 1. The van der Waals surface area contributed by atoms with E-state index in [0.29, 0.717) is 18.7 Å². The zero-order valence-corrected chi connectivity index (χ0v) is 13.4. The zero-order chi connectivity index (χ0) is 15.9. The van der Waals surface area contributed by atoms with Gasteiger partial charge < -0.3 is 15.0 Å². The smallest absolute Gasteiger partial charge is 0.337 e. The van der Waals surface area contributed by atoms with Crippen LogP contribution in [-0.4, -0.2) is 31.1 Å². The van der Waals surface area contributed by atoms with Gasteiger partial charge in [0.05, 0.1) is 19.2 Å². The fourth-order valence-corrected chi connectivity index (χ4v) is 2.57. The SMILES string of the molecule is COC(=O)c1ccc(CN(C)C(=O)NCc2cccs2)cc1. The molecule has 1 aromatic heterocycles. The minimum absolute atomic E-state index is 0.134. The van der Waals surface area contributed by atoms with Gasteiger partial charge in [-0.3, -0.25) is 0 Å². The summed E-state index contributed by atoms with van der Waals surface area (Å²) in [4.78, 5) is 26.1. The fourth-order valence-electron chi connectivity index (χ4n) is 1.92.